The zero-order chi connectivity index (χ0) is 14.7. The predicted octanol–water partition coefficient (Wildman–Crippen LogP) is 2.32. The van der Waals surface area contributed by atoms with Gasteiger partial charge >= 0.3 is 12.0 Å². The zero-order valence-corrected chi connectivity index (χ0v) is 12.9. The van der Waals surface area contributed by atoms with Crippen molar-refractivity contribution in [2.24, 2.45) is 5.92 Å². The van der Waals surface area contributed by atoms with Crippen LogP contribution in [0.1, 0.15) is 39.5 Å². The van der Waals surface area contributed by atoms with Crippen LogP contribution in [0.5, 0.6) is 0 Å². The van der Waals surface area contributed by atoms with Crippen molar-refractivity contribution in [3.63, 3.8) is 0 Å². The van der Waals surface area contributed by atoms with Gasteiger partial charge in [0.25, 0.3) is 0 Å². The molecule has 3 N–H and O–H groups in total. The fraction of sp³-hybridized carbons (Fsp3) is 0.846. The van der Waals surface area contributed by atoms with Crippen molar-refractivity contribution >= 4 is 23.8 Å². The molecule has 0 saturated heterocycles. The highest BCUT2D eigenvalue weighted by molar-refractivity contribution is 7.98. The van der Waals surface area contributed by atoms with E-state index < -0.39 is 18.0 Å². The third-order valence-corrected chi connectivity index (χ3v) is 3.77. The second-order valence-corrected chi connectivity index (χ2v) is 5.64. The first-order valence-corrected chi connectivity index (χ1v) is 8.18. The van der Waals surface area contributed by atoms with Gasteiger partial charge in [0.15, 0.2) is 0 Å². The Labute approximate surface area is 119 Å². The van der Waals surface area contributed by atoms with Crippen LogP contribution in [0, 0.1) is 5.92 Å². The number of carboxylic acids is 1. The molecule has 0 aliphatic carbocycles. The van der Waals surface area contributed by atoms with Crippen LogP contribution in [0.15, 0.2) is 0 Å². The molecule has 19 heavy (non-hydrogen) atoms. The Hall–Kier alpha value is -0.910. The van der Waals surface area contributed by atoms with Gasteiger partial charge in [0.05, 0.1) is 0 Å². The molecular formula is C13H26N2O3S. The van der Waals surface area contributed by atoms with E-state index in [4.69, 9.17) is 5.11 Å². The number of carboxylic acid groups (broad SMARTS) is 1. The molecule has 0 heterocycles. The summed E-state index contributed by atoms with van der Waals surface area (Å²) in [5, 5.41) is 14.3. The minimum atomic E-state index is -0.982. The first-order valence-electron chi connectivity index (χ1n) is 6.79. The lowest BCUT2D eigenvalue weighted by atomic mass is 9.99. The number of hydrogen-bond donors (Lipinski definition) is 3. The second kappa shape index (κ2) is 11.0. The van der Waals surface area contributed by atoms with E-state index >= 15 is 0 Å². The van der Waals surface area contributed by atoms with Crippen LogP contribution in [0.4, 0.5) is 4.79 Å². The molecule has 112 valence electrons. The van der Waals surface area contributed by atoms with Crippen LogP contribution in [0.3, 0.4) is 0 Å². The molecular weight excluding hydrogens is 264 g/mol. The summed E-state index contributed by atoms with van der Waals surface area (Å²) in [6.45, 7) is 4.32. The quantitative estimate of drug-likeness (QED) is 0.540. The number of aliphatic carboxylic acids is 1. The van der Waals surface area contributed by atoms with Crippen LogP contribution >= 0.6 is 11.8 Å². The number of thioether (sulfide) groups is 1. The highest BCUT2D eigenvalue weighted by atomic mass is 32.2. The normalized spacial score (nSPS) is 13.6. The smallest absolute Gasteiger partial charge is 0.326 e. The van der Waals surface area contributed by atoms with E-state index in [9.17, 15) is 9.59 Å². The maximum absolute atomic E-state index is 11.6. The van der Waals surface area contributed by atoms with Crippen molar-refractivity contribution in [1.82, 2.24) is 10.6 Å². The number of nitrogens with one attached hydrogen (secondary N) is 2. The number of rotatable bonds is 10. The fourth-order valence-electron chi connectivity index (χ4n) is 1.63. The molecule has 0 spiro atoms. The van der Waals surface area contributed by atoms with Gasteiger partial charge in [-0.3, -0.25) is 0 Å². The maximum atomic E-state index is 11.6. The first-order chi connectivity index (χ1) is 9.02. The zero-order valence-electron chi connectivity index (χ0n) is 12.1. The van der Waals surface area contributed by atoms with Gasteiger partial charge in [-0.1, -0.05) is 26.7 Å². The summed E-state index contributed by atoms with van der Waals surface area (Å²) in [6, 6.07) is -1.21. The molecule has 0 aromatic rings. The average Bonchev–Trinajstić information content (AvgIpc) is 2.38. The van der Waals surface area contributed by atoms with Crippen LogP contribution in [-0.4, -0.2) is 41.7 Å². The van der Waals surface area contributed by atoms with Crippen LogP contribution in [-0.2, 0) is 4.79 Å². The van der Waals surface area contributed by atoms with Crippen LogP contribution in [0.2, 0.25) is 0 Å². The largest absolute Gasteiger partial charge is 0.480 e. The van der Waals surface area contributed by atoms with Crippen molar-refractivity contribution in [3.8, 4) is 0 Å². The molecule has 5 nitrogen and oxygen atoms in total. The molecule has 0 aliphatic rings. The maximum Gasteiger partial charge on any atom is 0.326 e. The molecule has 0 rings (SSSR count). The standard InChI is InChI=1S/C13H26N2O3S/c1-4-10(2)11(12(16)17)15-13(18)14-8-6-5-7-9-19-3/h10-11H,4-9H2,1-3H3,(H,16,17)(H2,14,15,18)/t10-,11-/m0/s1. The van der Waals surface area contributed by atoms with Crippen molar-refractivity contribution in [2.75, 3.05) is 18.6 Å². The van der Waals surface area contributed by atoms with Gasteiger partial charge in [0, 0.05) is 6.54 Å². The van der Waals surface area contributed by atoms with E-state index in [-0.39, 0.29) is 5.92 Å². The predicted molar refractivity (Wildman–Crippen MR) is 79.6 cm³/mol. The topological polar surface area (TPSA) is 78.4 Å². The Balaban J connectivity index is 3.85. The molecule has 0 bridgehead atoms. The van der Waals surface area contributed by atoms with Crippen molar-refractivity contribution < 1.29 is 14.7 Å². The number of carbonyl (C=O) groups is 2. The highest BCUT2D eigenvalue weighted by Crippen LogP contribution is 2.07. The summed E-state index contributed by atoms with van der Waals surface area (Å²) in [5.41, 5.74) is 0. The SMILES string of the molecule is CC[C@H](C)[C@H](NC(=O)NCCCCCSC)C(=O)O. The average molecular weight is 290 g/mol. The third kappa shape index (κ3) is 8.75. The van der Waals surface area contributed by atoms with Crippen LogP contribution in [0.25, 0.3) is 0 Å². The van der Waals surface area contributed by atoms with Gasteiger partial charge in [-0.15, -0.1) is 0 Å². The van der Waals surface area contributed by atoms with E-state index in [1.807, 2.05) is 25.6 Å². The van der Waals surface area contributed by atoms with E-state index in [0.717, 1.165) is 25.0 Å². The molecule has 0 radical (unpaired) electrons. The minimum Gasteiger partial charge on any atom is -0.480 e. The Morgan fingerprint density at radius 3 is 2.47 bits per heavy atom. The Bertz CT molecular complexity index is 275. The number of urea groups is 1. The lowest BCUT2D eigenvalue weighted by Crippen LogP contribution is -2.49. The summed E-state index contributed by atoms with van der Waals surface area (Å²) in [6.07, 6.45) is 5.94. The van der Waals surface area contributed by atoms with E-state index in [2.05, 4.69) is 16.9 Å². The van der Waals surface area contributed by atoms with Gasteiger partial charge in [-0.25, -0.2) is 9.59 Å². The molecule has 0 aliphatic heterocycles. The van der Waals surface area contributed by atoms with Crippen molar-refractivity contribution in [3.05, 3.63) is 0 Å². The molecule has 2 atom stereocenters. The lowest BCUT2D eigenvalue weighted by Gasteiger charge is -2.20. The monoisotopic (exact) mass is 290 g/mol. The second-order valence-electron chi connectivity index (χ2n) is 4.66. The Kier molecular flexibility index (Phi) is 10.4. The van der Waals surface area contributed by atoms with Crippen LogP contribution < -0.4 is 10.6 Å². The third-order valence-electron chi connectivity index (χ3n) is 3.08. The first kappa shape index (κ1) is 18.1. The van der Waals surface area contributed by atoms with Gasteiger partial charge in [-0.05, 0) is 30.8 Å². The van der Waals surface area contributed by atoms with Gasteiger partial charge < -0.3 is 15.7 Å². The van der Waals surface area contributed by atoms with E-state index in [1.54, 1.807) is 0 Å². The number of hydrogen-bond acceptors (Lipinski definition) is 3. The van der Waals surface area contributed by atoms with Crippen molar-refractivity contribution in [1.29, 1.82) is 0 Å². The summed E-state index contributed by atoms with van der Waals surface area (Å²) in [7, 11) is 0. The molecule has 2 amide bonds. The summed E-state index contributed by atoms with van der Waals surface area (Å²) in [4.78, 5) is 22.6. The molecule has 0 aromatic carbocycles. The molecule has 0 unspecified atom stereocenters. The van der Waals surface area contributed by atoms with Gasteiger partial charge in [0.2, 0.25) is 0 Å². The van der Waals surface area contributed by atoms with E-state index in [1.165, 1.54) is 0 Å². The lowest BCUT2D eigenvalue weighted by molar-refractivity contribution is -0.140. The summed E-state index contributed by atoms with van der Waals surface area (Å²) in [5.74, 6) is 0.0793. The number of unbranched alkanes of at least 4 members (excludes halogenated alkanes) is 2. The molecule has 0 fully saturated rings. The van der Waals surface area contributed by atoms with Crippen molar-refractivity contribution in [2.45, 2.75) is 45.6 Å². The highest BCUT2D eigenvalue weighted by Gasteiger charge is 2.24. The molecule has 0 saturated carbocycles. The summed E-state index contributed by atoms with van der Waals surface area (Å²) >= 11 is 1.82. The summed E-state index contributed by atoms with van der Waals surface area (Å²) < 4.78 is 0. The molecule has 0 aromatic heterocycles. The van der Waals surface area contributed by atoms with Gasteiger partial charge in [0.1, 0.15) is 6.04 Å². The minimum absolute atomic E-state index is 0.0789. The number of amides is 2. The molecule has 6 heteroatoms. The fourth-order valence-corrected chi connectivity index (χ4v) is 2.12. The van der Waals surface area contributed by atoms with E-state index in [0.29, 0.717) is 13.0 Å². The Morgan fingerprint density at radius 2 is 1.95 bits per heavy atom. The Morgan fingerprint density at radius 1 is 1.26 bits per heavy atom. The van der Waals surface area contributed by atoms with Gasteiger partial charge in [-0.2, -0.15) is 11.8 Å². The number of carbonyl (C=O) groups excluding carboxylic acids is 1.